The number of hydrogen-bond donors (Lipinski definition) is 1. The molecule has 0 aliphatic rings. The monoisotopic (exact) mass is 538 g/mol. The molecule has 4 nitrogen and oxygen atoms in total. The van der Waals surface area contributed by atoms with E-state index in [9.17, 15) is 18.0 Å². The molecule has 1 N–H and O–H groups in total. The number of carbonyl (C=O) groups is 1. The van der Waals surface area contributed by atoms with Gasteiger partial charge in [0.2, 0.25) is 0 Å². The lowest BCUT2D eigenvalue weighted by Gasteiger charge is -2.16. The summed E-state index contributed by atoms with van der Waals surface area (Å²) >= 11 is 4.90. The Morgan fingerprint density at radius 3 is 2.39 bits per heavy atom. The van der Waals surface area contributed by atoms with Crippen LogP contribution in [-0.2, 0) is 4.79 Å². The van der Waals surface area contributed by atoms with Crippen molar-refractivity contribution in [1.29, 1.82) is 0 Å². The fraction of sp³-hybridized carbons (Fsp3) is 0.125. The second-order valence-electron chi connectivity index (χ2n) is 6.61. The minimum atomic E-state index is -4.80. The van der Waals surface area contributed by atoms with Crippen molar-refractivity contribution in [2.24, 2.45) is 0 Å². The molecule has 9 heteroatoms. The van der Waals surface area contributed by atoms with E-state index in [1.54, 1.807) is 30.3 Å². The second kappa shape index (κ2) is 11.3. The van der Waals surface area contributed by atoms with Gasteiger partial charge in [-0.3, -0.25) is 0 Å². The van der Waals surface area contributed by atoms with Gasteiger partial charge in [-0.05, 0) is 51.3 Å². The van der Waals surface area contributed by atoms with Crippen LogP contribution in [0, 0.1) is 0 Å². The fourth-order valence-corrected chi connectivity index (χ4v) is 4.44. The molecule has 0 radical (unpaired) electrons. The van der Waals surface area contributed by atoms with E-state index in [1.165, 1.54) is 23.9 Å². The summed E-state index contributed by atoms with van der Waals surface area (Å²) in [4.78, 5) is 11.5. The van der Waals surface area contributed by atoms with Crippen LogP contribution in [0.4, 0.5) is 13.2 Å². The number of rotatable bonds is 9. The van der Waals surface area contributed by atoms with Gasteiger partial charge in [0.15, 0.2) is 6.61 Å². The van der Waals surface area contributed by atoms with Gasteiger partial charge in [0.25, 0.3) is 0 Å². The molecule has 0 spiro atoms. The molecule has 0 saturated carbocycles. The van der Waals surface area contributed by atoms with Crippen LogP contribution in [0.25, 0.3) is 5.57 Å². The smallest absolute Gasteiger partial charge is 0.482 e. The van der Waals surface area contributed by atoms with Gasteiger partial charge >= 0.3 is 12.3 Å². The van der Waals surface area contributed by atoms with Crippen LogP contribution in [0.15, 0.2) is 88.2 Å². The highest BCUT2D eigenvalue weighted by Crippen LogP contribution is 2.36. The predicted molar refractivity (Wildman–Crippen MR) is 125 cm³/mol. The maximum Gasteiger partial charge on any atom is 0.573 e. The first-order valence-electron chi connectivity index (χ1n) is 9.60. The Morgan fingerprint density at radius 1 is 1.03 bits per heavy atom. The number of aliphatic carboxylic acids is 1. The zero-order valence-electron chi connectivity index (χ0n) is 17.0. The maximum absolute atomic E-state index is 12.9. The SMILES string of the molecule is O=C(O)COc1ccc(SC/C=C(/c2ccccc2)c2ccccc2OC(F)(F)F)c(Br)c1. The Labute approximate surface area is 201 Å². The summed E-state index contributed by atoms with van der Waals surface area (Å²) in [7, 11) is 0. The van der Waals surface area contributed by atoms with Crippen molar-refractivity contribution in [2.45, 2.75) is 11.3 Å². The molecule has 3 aromatic rings. The van der Waals surface area contributed by atoms with Crippen LogP contribution in [0.3, 0.4) is 0 Å². The van der Waals surface area contributed by atoms with Crippen LogP contribution in [0.2, 0.25) is 0 Å². The molecule has 0 amide bonds. The summed E-state index contributed by atoms with van der Waals surface area (Å²) in [6.07, 6.45) is -2.96. The topological polar surface area (TPSA) is 55.8 Å². The number of alkyl halides is 3. The van der Waals surface area contributed by atoms with Crippen LogP contribution < -0.4 is 9.47 Å². The number of para-hydroxylation sites is 1. The Morgan fingerprint density at radius 2 is 1.73 bits per heavy atom. The molecule has 0 bridgehead atoms. The first-order valence-corrected chi connectivity index (χ1v) is 11.4. The fourth-order valence-electron chi connectivity index (χ4n) is 2.95. The molecular formula is C24H18BrF3O4S. The zero-order valence-corrected chi connectivity index (χ0v) is 19.4. The largest absolute Gasteiger partial charge is 0.573 e. The highest BCUT2D eigenvalue weighted by atomic mass is 79.9. The standard InChI is InChI=1S/C24H18BrF3O4S/c25-20-14-17(31-15-23(29)30)10-11-22(20)33-13-12-18(16-6-2-1-3-7-16)19-8-4-5-9-21(19)32-24(26,27)28/h1-12,14H,13,15H2,(H,29,30)/b18-12-. The highest BCUT2D eigenvalue weighted by molar-refractivity contribution is 9.10. The van der Waals surface area contributed by atoms with Crippen molar-refractivity contribution < 1.29 is 32.5 Å². The van der Waals surface area contributed by atoms with Gasteiger partial charge in [-0.25, -0.2) is 4.79 Å². The van der Waals surface area contributed by atoms with Gasteiger partial charge in [-0.1, -0.05) is 54.6 Å². The Bertz CT molecular complexity index is 1130. The second-order valence-corrected chi connectivity index (χ2v) is 8.53. The van der Waals surface area contributed by atoms with Crippen LogP contribution in [-0.4, -0.2) is 29.8 Å². The Kier molecular flexibility index (Phi) is 8.46. The maximum atomic E-state index is 12.9. The third kappa shape index (κ3) is 7.57. The van der Waals surface area contributed by atoms with E-state index in [1.807, 2.05) is 36.4 Å². The van der Waals surface area contributed by atoms with Crippen molar-refractivity contribution in [1.82, 2.24) is 0 Å². The average molecular weight is 539 g/mol. The van der Waals surface area contributed by atoms with Gasteiger partial charge in [0.05, 0.1) is 0 Å². The molecule has 0 aromatic heterocycles. The molecular weight excluding hydrogens is 521 g/mol. The summed E-state index contributed by atoms with van der Waals surface area (Å²) in [6, 6.07) is 20.3. The van der Waals surface area contributed by atoms with Gasteiger partial charge in [-0.15, -0.1) is 24.9 Å². The van der Waals surface area contributed by atoms with Crippen molar-refractivity contribution in [2.75, 3.05) is 12.4 Å². The molecule has 172 valence electrons. The van der Waals surface area contributed by atoms with E-state index in [4.69, 9.17) is 9.84 Å². The molecule has 0 atom stereocenters. The van der Waals surface area contributed by atoms with Gasteiger partial charge in [-0.2, -0.15) is 0 Å². The number of ether oxygens (including phenoxy) is 2. The molecule has 33 heavy (non-hydrogen) atoms. The average Bonchev–Trinajstić information content (AvgIpc) is 2.77. The lowest BCUT2D eigenvalue weighted by Crippen LogP contribution is -2.18. The van der Waals surface area contributed by atoms with Gasteiger partial charge in [0.1, 0.15) is 11.5 Å². The van der Waals surface area contributed by atoms with Crippen molar-refractivity contribution >= 4 is 39.2 Å². The van der Waals surface area contributed by atoms with Crippen LogP contribution in [0.5, 0.6) is 11.5 Å². The van der Waals surface area contributed by atoms with Gasteiger partial charge < -0.3 is 14.6 Å². The van der Waals surface area contributed by atoms with Crippen LogP contribution >= 0.6 is 27.7 Å². The number of hydrogen-bond acceptors (Lipinski definition) is 4. The van der Waals surface area contributed by atoms with E-state index in [0.717, 1.165) is 10.5 Å². The summed E-state index contributed by atoms with van der Waals surface area (Å²) in [5, 5.41) is 8.72. The van der Waals surface area contributed by atoms with Crippen molar-refractivity contribution in [3.8, 4) is 11.5 Å². The number of carboxylic acids is 1. The lowest BCUT2D eigenvalue weighted by molar-refractivity contribution is -0.274. The normalized spacial score (nSPS) is 11.8. The first kappa shape index (κ1) is 24.7. The van der Waals surface area contributed by atoms with Crippen LogP contribution in [0.1, 0.15) is 11.1 Å². The Balaban J connectivity index is 1.86. The number of benzene rings is 3. The van der Waals surface area contributed by atoms with E-state index in [-0.39, 0.29) is 5.75 Å². The predicted octanol–water partition coefficient (Wildman–Crippen LogP) is 7.04. The van der Waals surface area contributed by atoms with E-state index in [2.05, 4.69) is 20.7 Å². The van der Waals surface area contributed by atoms with Gasteiger partial charge in [0, 0.05) is 20.7 Å². The minimum Gasteiger partial charge on any atom is -0.482 e. The molecule has 0 heterocycles. The Hall–Kier alpha value is -2.91. The zero-order chi connectivity index (χ0) is 23.8. The number of carboxylic acid groups (broad SMARTS) is 1. The molecule has 0 aliphatic heterocycles. The summed E-state index contributed by atoms with van der Waals surface area (Å²) in [5.41, 5.74) is 1.70. The van der Waals surface area contributed by atoms with E-state index < -0.39 is 18.9 Å². The van der Waals surface area contributed by atoms with Crippen molar-refractivity contribution in [3.63, 3.8) is 0 Å². The molecule has 0 unspecified atom stereocenters. The third-order valence-corrected chi connectivity index (χ3v) is 6.20. The highest BCUT2D eigenvalue weighted by Gasteiger charge is 2.32. The van der Waals surface area contributed by atoms with E-state index >= 15 is 0 Å². The van der Waals surface area contributed by atoms with Crippen molar-refractivity contribution in [3.05, 3.63) is 94.5 Å². The molecule has 0 aliphatic carbocycles. The lowest BCUT2D eigenvalue weighted by atomic mass is 9.97. The quantitative estimate of drug-likeness (QED) is 0.296. The molecule has 3 rings (SSSR count). The minimum absolute atomic E-state index is 0.272. The summed E-state index contributed by atoms with van der Waals surface area (Å²) in [6.45, 7) is -0.443. The summed E-state index contributed by atoms with van der Waals surface area (Å²) in [5.74, 6) is -0.477. The number of halogens is 4. The van der Waals surface area contributed by atoms with E-state index in [0.29, 0.717) is 27.1 Å². The molecule has 3 aromatic carbocycles. The third-order valence-electron chi connectivity index (χ3n) is 4.28. The molecule has 0 saturated heterocycles. The first-order chi connectivity index (χ1) is 15.7. The molecule has 0 fully saturated rings. The number of thioether (sulfide) groups is 1. The summed E-state index contributed by atoms with van der Waals surface area (Å²) < 4.78 is 49.0.